The average Bonchev–Trinajstić information content (AvgIpc) is 3.35. The lowest BCUT2D eigenvalue weighted by molar-refractivity contribution is -0.274. The molecule has 0 unspecified atom stereocenters. The van der Waals surface area contributed by atoms with Gasteiger partial charge < -0.3 is 9.47 Å². The zero-order valence-electron chi connectivity index (χ0n) is 20.1. The Morgan fingerprint density at radius 3 is 2.50 bits per heavy atom. The molecule has 0 bridgehead atoms. The smallest absolute Gasteiger partial charge is 0.489 e. The van der Waals surface area contributed by atoms with Gasteiger partial charge in [0, 0.05) is 16.8 Å². The molecular weight excluding hydrogens is 469 g/mol. The number of aromatic amines is 1. The Labute approximate surface area is 207 Å². The highest BCUT2D eigenvalue weighted by Crippen LogP contribution is 2.28. The normalized spacial score (nSPS) is 11.5. The number of unbranched alkanes of at least 4 members (excludes halogenated alkanes) is 1. The van der Waals surface area contributed by atoms with Crippen LogP contribution in [0.25, 0.3) is 11.3 Å². The maximum Gasteiger partial charge on any atom is 0.573 e. The van der Waals surface area contributed by atoms with Crippen molar-refractivity contribution in [2.75, 3.05) is 0 Å². The van der Waals surface area contributed by atoms with Crippen molar-refractivity contribution >= 4 is 0 Å². The Morgan fingerprint density at radius 1 is 0.944 bits per heavy atom. The molecule has 0 amide bonds. The Morgan fingerprint density at radius 2 is 1.78 bits per heavy atom. The van der Waals surface area contributed by atoms with Gasteiger partial charge in [0.2, 0.25) is 0 Å². The van der Waals surface area contributed by atoms with E-state index in [9.17, 15) is 13.2 Å². The minimum absolute atomic E-state index is 0.277. The second-order valence-electron chi connectivity index (χ2n) is 8.57. The molecule has 0 fully saturated rings. The van der Waals surface area contributed by atoms with Gasteiger partial charge in [-0.3, -0.25) is 4.98 Å². The SMILES string of the molecule is Cc1cc(CCCCc2cn[nH]n2)ccc1OCc1ccc(-c2cccc(OC(F)(F)F)c2)nc1C. The van der Waals surface area contributed by atoms with Crippen molar-refractivity contribution < 1.29 is 22.6 Å². The number of aromatic nitrogens is 4. The van der Waals surface area contributed by atoms with E-state index in [1.54, 1.807) is 18.3 Å². The van der Waals surface area contributed by atoms with Gasteiger partial charge in [-0.15, -0.1) is 13.2 Å². The molecule has 4 aromatic rings. The molecular formula is C27H27F3N4O2. The zero-order chi connectivity index (χ0) is 25.5. The van der Waals surface area contributed by atoms with Crippen molar-refractivity contribution in [3.05, 3.63) is 88.9 Å². The number of rotatable bonds is 10. The van der Waals surface area contributed by atoms with Crippen LogP contribution < -0.4 is 9.47 Å². The number of benzene rings is 2. The summed E-state index contributed by atoms with van der Waals surface area (Å²) in [6.07, 6.45) is 1.03. The number of nitrogens with one attached hydrogen (secondary N) is 1. The van der Waals surface area contributed by atoms with E-state index in [4.69, 9.17) is 4.74 Å². The van der Waals surface area contributed by atoms with Gasteiger partial charge in [0.1, 0.15) is 18.1 Å². The van der Waals surface area contributed by atoms with Gasteiger partial charge in [-0.05, 0) is 74.9 Å². The molecule has 2 heterocycles. The van der Waals surface area contributed by atoms with Crippen molar-refractivity contribution in [3.8, 4) is 22.8 Å². The van der Waals surface area contributed by atoms with Gasteiger partial charge >= 0.3 is 6.36 Å². The molecule has 0 saturated carbocycles. The molecule has 0 spiro atoms. The summed E-state index contributed by atoms with van der Waals surface area (Å²) in [5, 5.41) is 10.5. The molecule has 0 atom stereocenters. The molecule has 2 aromatic heterocycles. The second-order valence-corrected chi connectivity index (χ2v) is 8.57. The number of aryl methyl sites for hydroxylation is 4. The van der Waals surface area contributed by atoms with Gasteiger partial charge in [0.15, 0.2) is 0 Å². The molecule has 0 aliphatic carbocycles. The summed E-state index contributed by atoms with van der Waals surface area (Å²) >= 11 is 0. The Bertz CT molecular complexity index is 1290. The highest BCUT2D eigenvalue weighted by molar-refractivity contribution is 5.61. The molecule has 0 radical (unpaired) electrons. The molecule has 0 aliphatic rings. The van der Waals surface area contributed by atoms with Crippen LogP contribution in [-0.4, -0.2) is 26.8 Å². The fraction of sp³-hybridized carbons (Fsp3) is 0.296. The largest absolute Gasteiger partial charge is 0.573 e. The lowest BCUT2D eigenvalue weighted by Gasteiger charge is -2.13. The number of nitrogens with zero attached hydrogens (tertiary/aromatic N) is 3. The van der Waals surface area contributed by atoms with Crippen molar-refractivity contribution in [2.24, 2.45) is 0 Å². The van der Waals surface area contributed by atoms with Crippen LogP contribution in [0.2, 0.25) is 0 Å². The first-order valence-corrected chi connectivity index (χ1v) is 11.7. The van der Waals surface area contributed by atoms with Crippen LogP contribution in [-0.2, 0) is 19.4 Å². The lowest BCUT2D eigenvalue weighted by atomic mass is 10.0. The number of H-pyrrole nitrogens is 1. The number of hydrogen-bond donors (Lipinski definition) is 1. The van der Waals surface area contributed by atoms with Crippen molar-refractivity contribution in [3.63, 3.8) is 0 Å². The molecule has 6 nitrogen and oxygen atoms in total. The third-order valence-electron chi connectivity index (χ3n) is 5.79. The summed E-state index contributed by atoms with van der Waals surface area (Å²) < 4.78 is 47.6. The Hall–Kier alpha value is -3.88. The van der Waals surface area contributed by atoms with Gasteiger partial charge in [0.25, 0.3) is 0 Å². The fourth-order valence-electron chi connectivity index (χ4n) is 3.92. The van der Waals surface area contributed by atoms with Gasteiger partial charge in [-0.2, -0.15) is 15.4 Å². The van der Waals surface area contributed by atoms with Crippen LogP contribution in [0.15, 0.2) is 60.8 Å². The van der Waals surface area contributed by atoms with Gasteiger partial charge in [-0.1, -0.05) is 30.3 Å². The highest BCUT2D eigenvalue weighted by Gasteiger charge is 2.31. The van der Waals surface area contributed by atoms with Crippen molar-refractivity contribution in [1.82, 2.24) is 20.4 Å². The van der Waals surface area contributed by atoms with Crippen LogP contribution in [0, 0.1) is 13.8 Å². The minimum atomic E-state index is -4.74. The van der Waals surface area contributed by atoms with Gasteiger partial charge in [-0.25, -0.2) is 0 Å². The van der Waals surface area contributed by atoms with E-state index < -0.39 is 6.36 Å². The lowest BCUT2D eigenvalue weighted by Crippen LogP contribution is -2.17. The van der Waals surface area contributed by atoms with Gasteiger partial charge in [0.05, 0.1) is 17.6 Å². The third-order valence-corrected chi connectivity index (χ3v) is 5.79. The summed E-state index contributed by atoms with van der Waals surface area (Å²) in [4.78, 5) is 4.56. The summed E-state index contributed by atoms with van der Waals surface area (Å²) in [6, 6.07) is 15.7. The molecule has 188 valence electrons. The first-order chi connectivity index (χ1) is 17.3. The van der Waals surface area contributed by atoms with E-state index >= 15 is 0 Å². The fourth-order valence-corrected chi connectivity index (χ4v) is 3.92. The number of hydrogen-bond acceptors (Lipinski definition) is 5. The Kier molecular flexibility index (Phi) is 7.87. The first-order valence-electron chi connectivity index (χ1n) is 11.7. The molecule has 9 heteroatoms. The van der Waals surface area contributed by atoms with Crippen LogP contribution in [0.3, 0.4) is 0 Å². The summed E-state index contributed by atoms with van der Waals surface area (Å²) in [7, 11) is 0. The molecule has 1 N–H and O–H groups in total. The van der Waals surface area contributed by atoms with E-state index in [0.717, 1.165) is 53.9 Å². The minimum Gasteiger partial charge on any atom is -0.489 e. The highest BCUT2D eigenvalue weighted by atomic mass is 19.4. The van der Waals surface area contributed by atoms with Crippen LogP contribution in [0.1, 0.15) is 40.9 Å². The molecule has 0 saturated heterocycles. The number of alkyl halides is 3. The predicted octanol–water partition coefficient (Wildman–Crippen LogP) is 6.53. The molecule has 2 aromatic carbocycles. The van der Waals surface area contributed by atoms with E-state index in [-0.39, 0.29) is 5.75 Å². The van der Waals surface area contributed by atoms with Crippen molar-refractivity contribution in [2.45, 2.75) is 52.5 Å². The average molecular weight is 497 g/mol. The predicted molar refractivity (Wildman–Crippen MR) is 130 cm³/mol. The maximum atomic E-state index is 12.5. The van der Waals surface area contributed by atoms with E-state index in [1.165, 1.54) is 23.8 Å². The first kappa shape index (κ1) is 25.2. The summed E-state index contributed by atoms with van der Waals surface area (Å²) in [5.74, 6) is 0.530. The maximum absolute atomic E-state index is 12.5. The molecule has 4 rings (SSSR count). The summed E-state index contributed by atoms with van der Waals surface area (Å²) in [6.45, 7) is 4.22. The third kappa shape index (κ3) is 7.07. The van der Waals surface area contributed by atoms with Crippen LogP contribution in [0.5, 0.6) is 11.5 Å². The topological polar surface area (TPSA) is 72.9 Å². The van der Waals surface area contributed by atoms with E-state index in [1.807, 2.05) is 26.0 Å². The Balaban J connectivity index is 1.33. The molecule has 36 heavy (non-hydrogen) atoms. The number of halogens is 3. The standard InChI is InChI=1S/C27H27F3N4O2/c1-18-14-20(6-3-4-8-23-16-31-34-33-23)10-13-26(18)35-17-22-11-12-25(32-19(22)2)21-7-5-9-24(15-21)36-27(28,29)30/h5,7,9-16H,3-4,6,8,17H2,1-2H3,(H,31,33,34). The number of ether oxygens (including phenoxy) is 2. The number of pyridine rings is 1. The molecule has 0 aliphatic heterocycles. The zero-order valence-corrected chi connectivity index (χ0v) is 20.1. The van der Waals surface area contributed by atoms with Crippen LogP contribution >= 0.6 is 0 Å². The second kappa shape index (κ2) is 11.2. The quantitative estimate of drug-likeness (QED) is 0.253. The van der Waals surface area contributed by atoms with E-state index in [2.05, 4.69) is 37.3 Å². The summed E-state index contributed by atoms with van der Waals surface area (Å²) in [5.41, 5.74) is 6.06. The van der Waals surface area contributed by atoms with E-state index in [0.29, 0.717) is 17.9 Å². The van der Waals surface area contributed by atoms with Crippen molar-refractivity contribution in [1.29, 1.82) is 0 Å². The monoisotopic (exact) mass is 496 g/mol. The van der Waals surface area contributed by atoms with Crippen LogP contribution in [0.4, 0.5) is 13.2 Å².